The Morgan fingerprint density at radius 1 is 0.923 bits per heavy atom. The second-order valence-electron chi connectivity index (χ2n) is 6.67. The lowest BCUT2D eigenvalue weighted by atomic mass is 10.0. The Morgan fingerprint density at radius 3 is 2.50 bits per heavy atom. The van der Waals surface area contributed by atoms with Crippen molar-refractivity contribution in [3.05, 3.63) is 90.3 Å². The van der Waals surface area contributed by atoms with Crippen LogP contribution in [0, 0.1) is 0 Å². The number of rotatable bonds is 5. The zero-order chi connectivity index (χ0) is 17.9. The SMILES string of the molecule is CC(c1ccccc1)N(C)Cc1coc(-c2cccc3ccccc23)n1. The van der Waals surface area contributed by atoms with E-state index in [1.807, 2.05) is 24.3 Å². The van der Waals surface area contributed by atoms with Gasteiger partial charge in [-0.15, -0.1) is 0 Å². The van der Waals surface area contributed by atoms with Crippen LogP contribution in [-0.2, 0) is 6.54 Å². The van der Waals surface area contributed by atoms with Crippen LogP contribution in [0.15, 0.2) is 83.5 Å². The van der Waals surface area contributed by atoms with Gasteiger partial charge in [-0.2, -0.15) is 0 Å². The van der Waals surface area contributed by atoms with Gasteiger partial charge >= 0.3 is 0 Å². The minimum Gasteiger partial charge on any atom is -0.444 e. The molecule has 0 radical (unpaired) electrons. The Bertz CT molecular complexity index is 1000. The van der Waals surface area contributed by atoms with E-state index in [0.29, 0.717) is 11.9 Å². The smallest absolute Gasteiger partial charge is 0.226 e. The maximum atomic E-state index is 5.81. The number of hydrogen-bond donors (Lipinski definition) is 0. The molecular formula is C23H22N2O. The Hall–Kier alpha value is -2.91. The largest absolute Gasteiger partial charge is 0.444 e. The molecule has 1 atom stereocenters. The Kier molecular flexibility index (Phi) is 4.55. The second-order valence-corrected chi connectivity index (χ2v) is 6.67. The monoisotopic (exact) mass is 342 g/mol. The topological polar surface area (TPSA) is 29.3 Å². The fourth-order valence-electron chi connectivity index (χ4n) is 3.29. The summed E-state index contributed by atoms with van der Waals surface area (Å²) in [6, 6.07) is 25.4. The summed E-state index contributed by atoms with van der Waals surface area (Å²) in [7, 11) is 2.12. The van der Waals surface area contributed by atoms with Crippen LogP contribution in [0.25, 0.3) is 22.2 Å². The standard InChI is InChI=1S/C23H22N2O/c1-17(18-9-4-3-5-10-18)25(2)15-20-16-26-23(24-20)22-14-8-12-19-11-6-7-13-21(19)22/h3-14,16-17H,15H2,1-2H3. The van der Waals surface area contributed by atoms with E-state index in [1.165, 1.54) is 10.9 Å². The first-order valence-corrected chi connectivity index (χ1v) is 8.90. The molecule has 0 bridgehead atoms. The van der Waals surface area contributed by atoms with Crippen LogP contribution in [-0.4, -0.2) is 16.9 Å². The molecular weight excluding hydrogens is 320 g/mol. The van der Waals surface area contributed by atoms with Gasteiger partial charge in [-0.05, 0) is 36.4 Å². The van der Waals surface area contributed by atoms with Gasteiger partial charge in [0.25, 0.3) is 0 Å². The molecule has 4 rings (SSSR count). The first-order valence-electron chi connectivity index (χ1n) is 8.90. The van der Waals surface area contributed by atoms with Gasteiger partial charge in [0.05, 0.1) is 5.69 Å². The minimum absolute atomic E-state index is 0.314. The van der Waals surface area contributed by atoms with Crippen molar-refractivity contribution in [1.29, 1.82) is 0 Å². The molecule has 0 saturated carbocycles. The summed E-state index contributed by atoms with van der Waals surface area (Å²) in [5.41, 5.74) is 3.28. The molecule has 0 aliphatic carbocycles. The van der Waals surface area contributed by atoms with Gasteiger partial charge in [-0.1, -0.05) is 66.7 Å². The molecule has 3 heteroatoms. The summed E-state index contributed by atoms with van der Waals surface area (Å²) in [5.74, 6) is 0.678. The molecule has 1 heterocycles. The molecule has 0 saturated heterocycles. The number of hydrogen-bond acceptors (Lipinski definition) is 3. The highest BCUT2D eigenvalue weighted by atomic mass is 16.3. The third kappa shape index (κ3) is 3.26. The highest BCUT2D eigenvalue weighted by Crippen LogP contribution is 2.28. The predicted octanol–water partition coefficient (Wildman–Crippen LogP) is 5.69. The third-order valence-corrected chi connectivity index (χ3v) is 4.93. The summed E-state index contributed by atoms with van der Waals surface area (Å²) in [6.45, 7) is 2.95. The van der Waals surface area contributed by atoms with Gasteiger partial charge in [0.15, 0.2) is 0 Å². The molecule has 0 aliphatic heterocycles. The molecule has 1 unspecified atom stereocenters. The van der Waals surface area contributed by atoms with E-state index in [1.54, 1.807) is 6.26 Å². The van der Waals surface area contributed by atoms with Gasteiger partial charge in [0, 0.05) is 18.2 Å². The quantitative estimate of drug-likeness (QED) is 0.467. The lowest BCUT2D eigenvalue weighted by Crippen LogP contribution is -2.22. The van der Waals surface area contributed by atoms with Crippen molar-refractivity contribution in [1.82, 2.24) is 9.88 Å². The van der Waals surface area contributed by atoms with E-state index in [2.05, 4.69) is 67.4 Å². The molecule has 0 spiro atoms. The molecule has 4 aromatic rings. The number of benzene rings is 3. The van der Waals surface area contributed by atoms with Gasteiger partial charge < -0.3 is 4.42 Å². The molecule has 0 fully saturated rings. The highest BCUT2D eigenvalue weighted by Gasteiger charge is 2.15. The first kappa shape index (κ1) is 16.6. The number of fused-ring (bicyclic) bond motifs is 1. The van der Waals surface area contributed by atoms with E-state index in [0.717, 1.165) is 23.2 Å². The maximum absolute atomic E-state index is 5.81. The summed E-state index contributed by atoms with van der Waals surface area (Å²) >= 11 is 0. The van der Waals surface area contributed by atoms with Crippen LogP contribution >= 0.6 is 0 Å². The van der Waals surface area contributed by atoms with Crippen LogP contribution in [0.2, 0.25) is 0 Å². The summed E-state index contributed by atoms with van der Waals surface area (Å²) in [6.07, 6.45) is 1.77. The average molecular weight is 342 g/mol. The van der Waals surface area contributed by atoms with Gasteiger partial charge in [-0.3, -0.25) is 4.90 Å². The van der Waals surface area contributed by atoms with E-state index < -0.39 is 0 Å². The Morgan fingerprint density at radius 2 is 1.65 bits per heavy atom. The molecule has 3 nitrogen and oxygen atoms in total. The van der Waals surface area contributed by atoms with Crippen molar-refractivity contribution in [3.63, 3.8) is 0 Å². The van der Waals surface area contributed by atoms with Crippen LogP contribution in [0.1, 0.15) is 24.2 Å². The Balaban J connectivity index is 1.56. The van der Waals surface area contributed by atoms with Crippen LogP contribution in [0.3, 0.4) is 0 Å². The highest BCUT2D eigenvalue weighted by molar-refractivity contribution is 5.94. The molecule has 1 aromatic heterocycles. The normalized spacial score (nSPS) is 12.6. The molecule has 26 heavy (non-hydrogen) atoms. The van der Waals surface area contributed by atoms with Crippen LogP contribution < -0.4 is 0 Å². The van der Waals surface area contributed by atoms with Crippen LogP contribution in [0.4, 0.5) is 0 Å². The van der Waals surface area contributed by atoms with Gasteiger partial charge in [0.1, 0.15) is 6.26 Å². The second kappa shape index (κ2) is 7.14. The summed E-state index contributed by atoms with van der Waals surface area (Å²) in [5, 5.41) is 2.36. The Labute approximate surface area is 153 Å². The van der Waals surface area contributed by atoms with Crippen molar-refractivity contribution >= 4 is 10.8 Å². The van der Waals surface area contributed by atoms with Crippen molar-refractivity contribution < 1.29 is 4.42 Å². The van der Waals surface area contributed by atoms with Gasteiger partial charge in [0.2, 0.25) is 5.89 Å². The summed E-state index contributed by atoms with van der Waals surface area (Å²) < 4.78 is 5.81. The maximum Gasteiger partial charge on any atom is 0.226 e. The van der Waals surface area contributed by atoms with E-state index in [9.17, 15) is 0 Å². The number of nitrogens with zero attached hydrogens (tertiary/aromatic N) is 2. The fraction of sp³-hybridized carbons (Fsp3) is 0.174. The predicted molar refractivity (Wildman–Crippen MR) is 106 cm³/mol. The van der Waals surface area contributed by atoms with Crippen molar-refractivity contribution in [2.24, 2.45) is 0 Å². The third-order valence-electron chi connectivity index (χ3n) is 4.93. The fourth-order valence-corrected chi connectivity index (χ4v) is 3.29. The van der Waals surface area contributed by atoms with Gasteiger partial charge in [-0.25, -0.2) is 4.98 Å². The van der Waals surface area contributed by atoms with Crippen molar-refractivity contribution in [2.75, 3.05) is 7.05 Å². The molecule has 3 aromatic carbocycles. The van der Waals surface area contributed by atoms with Crippen molar-refractivity contribution in [2.45, 2.75) is 19.5 Å². The summed E-state index contributed by atoms with van der Waals surface area (Å²) in [4.78, 5) is 7.02. The number of oxazole rings is 1. The zero-order valence-electron chi connectivity index (χ0n) is 15.1. The van der Waals surface area contributed by atoms with Crippen LogP contribution in [0.5, 0.6) is 0 Å². The molecule has 0 amide bonds. The zero-order valence-corrected chi connectivity index (χ0v) is 15.1. The lowest BCUT2D eigenvalue weighted by Gasteiger charge is -2.24. The lowest BCUT2D eigenvalue weighted by molar-refractivity contribution is 0.250. The average Bonchev–Trinajstić information content (AvgIpc) is 3.15. The molecule has 0 N–H and O–H groups in total. The van der Waals surface area contributed by atoms with Crippen molar-refractivity contribution in [3.8, 4) is 11.5 Å². The number of aromatic nitrogens is 1. The minimum atomic E-state index is 0.314. The first-order chi connectivity index (χ1) is 12.7. The van der Waals surface area contributed by atoms with E-state index in [-0.39, 0.29) is 0 Å². The van der Waals surface area contributed by atoms with E-state index >= 15 is 0 Å². The molecule has 0 aliphatic rings. The molecule has 130 valence electrons. The van der Waals surface area contributed by atoms with E-state index in [4.69, 9.17) is 9.40 Å².